The molecule has 2 rings (SSSR count). The third-order valence-electron chi connectivity index (χ3n) is 3.09. The number of hydrogen-bond donors (Lipinski definition) is 2. The molecule has 1 aromatic carbocycles. The Kier molecular flexibility index (Phi) is 5.92. The van der Waals surface area contributed by atoms with Crippen molar-refractivity contribution in [3.63, 3.8) is 0 Å². The van der Waals surface area contributed by atoms with Crippen molar-refractivity contribution in [3.8, 4) is 0 Å². The highest BCUT2D eigenvalue weighted by Crippen LogP contribution is 2.11. The zero-order valence-corrected chi connectivity index (χ0v) is 12.5. The maximum Gasteiger partial charge on any atom is 0.211 e. The number of oxazole rings is 1. The summed E-state index contributed by atoms with van der Waals surface area (Å²) < 4.78 is 10.9. The third-order valence-corrected chi connectivity index (χ3v) is 3.09. The summed E-state index contributed by atoms with van der Waals surface area (Å²) in [6, 6.07) is 9.86. The highest BCUT2D eigenvalue weighted by molar-refractivity contribution is 5.13. The summed E-state index contributed by atoms with van der Waals surface area (Å²) in [6.07, 6.45) is 1.12. The first-order valence-corrected chi connectivity index (χ1v) is 7.10. The molecule has 0 radical (unpaired) electrons. The number of benzene rings is 1. The maximum atomic E-state index is 9.89. The number of nitrogens with zero attached hydrogens (tertiary/aromatic N) is 1. The first kappa shape index (κ1) is 15.7. The quantitative estimate of drug-likeness (QED) is 0.780. The van der Waals surface area contributed by atoms with E-state index in [1.807, 2.05) is 44.2 Å². The Balaban J connectivity index is 1.64. The highest BCUT2D eigenvalue weighted by Gasteiger charge is 2.13. The summed E-state index contributed by atoms with van der Waals surface area (Å²) in [5.41, 5.74) is 1.10. The molecule has 2 atom stereocenters. The molecule has 0 bridgehead atoms. The molecule has 0 saturated carbocycles. The van der Waals surface area contributed by atoms with Gasteiger partial charge in [-0.25, -0.2) is 4.98 Å². The van der Waals surface area contributed by atoms with Crippen LogP contribution >= 0.6 is 0 Å². The molecular weight excluding hydrogens is 268 g/mol. The normalized spacial score (nSPS) is 14.0. The smallest absolute Gasteiger partial charge is 0.211 e. The number of rotatable bonds is 8. The van der Waals surface area contributed by atoms with Gasteiger partial charge >= 0.3 is 0 Å². The molecule has 1 aromatic heterocycles. The second kappa shape index (κ2) is 7.93. The predicted molar refractivity (Wildman–Crippen MR) is 79.8 cm³/mol. The highest BCUT2D eigenvalue weighted by atomic mass is 16.5. The summed E-state index contributed by atoms with van der Waals surface area (Å²) in [5, 5.41) is 13.1. The lowest BCUT2D eigenvalue weighted by Crippen LogP contribution is -2.32. The molecule has 2 aromatic rings. The standard InChI is InChI=1S/C16H22N2O3/c1-12-8-18-16(21-12)13(2)17-9-15(19)11-20-10-14-6-4-3-5-7-14/h3-8,13,15,17,19H,9-11H2,1-2H3. The van der Waals surface area contributed by atoms with Gasteiger partial charge in [-0.2, -0.15) is 0 Å². The molecule has 0 saturated heterocycles. The van der Waals surface area contributed by atoms with Crippen molar-refractivity contribution in [1.29, 1.82) is 0 Å². The molecular formula is C16H22N2O3. The summed E-state index contributed by atoms with van der Waals surface area (Å²) in [4.78, 5) is 4.15. The van der Waals surface area contributed by atoms with Gasteiger partial charge in [0.25, 0.3) is 0 Å². The van der Waals surface area contributed by atoms with Crippen LogP contribution < -0.4 is 5.32 Å². The second-order valence-electron chi connectivity index (χ2n) is 5.09. The topological polar surface area (TPSA) is 67.5 Å². The first-order chi connectivity index (χ1) is 10.1. The predicted octanol–water partition coefficient (Wildman–Crippen LogP) is 2.21. The van der Waals surface area contributed by atoms with Gasteiger partial charge < -0.3 is 19.6 Å². The fraction of sp³-hybridized carbons (Fsp3) is 0.438. The summed E-state index contributed by atoms with van der Waals surface area (Å²) in [6.45, 7) is 5.03. The van der Waals surface area contributed by atoms with Crippen LogP contribution in [-0.4, -0.2) is 29.3 Å². The lowest BCUT2D eigenvalue weighted by atomic mass is 10.2. The number of aryl methyl sites for hydroxylation is 1. The van der Waals surface area contributed by atoms with Gasteiger partial charge in [0.15, 0.2) is 0 Å². The van der Waals surface area contributed by atoms with E-state index in [0.717, 1.165) is 11.3 Å². The minimum Gasteiger partial charge on any atom is -0.444 e. The first-order valence-electron chi connectivity index (χ1n) is 7.10. The van der Waals surface area contributed by atoms with Crippen LogP contribution in [0.4, 0.5) is 0 Å². The van der Waals surface area contributed by atoms with E-state index in [1.54, 1.807) is 6.20 Å². The van der Waals surface area contributed by atoms with Crippen LogP contribution in [0.3, 0.4) is 0 Å². The zero-order chi connectivity index (χ0) is 15.1. The van der Waals surface area contributed by atoms with Crippen molar-refractivity contribution >= 4 is 0 Å². The van der Waals surface area contributed by atoms with Gasteiger partial charge in [0.05, 0.1) is 31.6 Å². The van der Waals surface area contributed by atoms with E-state index >= 15 is 0 Å². The Hall–Kier alpha value is -1.69. The maximum absolute atomic E-state index is 9.89. The van der Waals surface area contributed by atoms with Gasteiger partial charge in [-0.05, 0) is 19.4 Å². The summed E-state index contributed by atoms with van der Waals surface area (Å²) >= 11 is 0. The van der Waals surface area contributed by atoms with Crippen LogP contribution in [0.1, 0.15) is 30.2 Å². The van der Waals surface area contributed by atoms with Crippen molar-refractivity contribution in [2.75, 3.05) is 13.2 Å². The summed E-state index contributed by atoms with van der Waals surface area (Å²) in [7, 11) is 0. The fourth-order valence-corrected chi connectivity index (χ4v) is 1.92. The number of nitrogens with one attached hydrogen (secondary N) is 1. The van der Waals surface area contributed by atoms with Crippen LogP contribution in [0.15, 0.2) is 40.9 Å². The Labute approximate surface area is 125 Å². The largest absolute Gasteiger partial charge is 0.444 e. The van der Waals surface area contributed by atoms with E-state index in [-0.39, 0.29) is 6.04 Å². The lowest BCUT2D eigenvalue weighted by Gasteiger charge is -2.15. The van der Waals surface area contributed by atoms with E-state index in [1.165, 1.54) is 0 Å². The SMILES string of the molecule is Cc1cnc(C(C)NCC(O)COCc2ccccc2)o1. The molecule has 0 fully saturated rings. The van der Waals surface area contributed by atoms with Crippen molar-refractivity contribution in [1.82, 2.24) is 10.3 Å². The van der Waals surface area contributed by atoms with Crippen molar-refractivity contribution in [2.24, 2.45) is 0 Å². The number of aromatic nitrogens is 1. The van der Waals surface area contributed by atoms with Crippen molar-refractivity contribution in [2.45, 2.75) is 32.6 Å². The molecule has 0 aliphatic rings. The third kappa shape index (κ3) is 5.30. The molecule has 5 nitrogen and oxygen atoms in total. The number of aliphatic hydroxyl groups excluding tert-OH is 1. The molecule has 0 amide bonds. The minimum atomic E-state index is -0.563. The van der Waals surface area contributed by atoms with Crippen LogP contribution in [0.5, 0.6) is 0 Å². The van der Waals surface area contributed by atoms with Crippen LogP contribution in [0, 0.1) is 6.92 Å². The van der Waals surface area contributed by atoms with Gasteiger partial charge in [0.2, 0.25) is 5.89 Å². The minimum absolute atomic E-state index is 0.0394. The Morgan fingerprint density at radius 1 is 1.33 bits per heavy atom. The zero-order valence-electron chi connectivity index (χ0n) is 12.5. The fourth-order valence-electron chi connectivity index (χ4n) is 1.92. The van der Waals surface area contributed by atoms with E-state index in [2.05, 4.69) is 10.3 Å². The van der Waals surface area contributed by atoms with Crippen molar-refractivity contribution in [3.05, 3.63) is 53.7 Å². The van der Waals surface area contributed by atoms with Crippen LogP contribution in [0.2, 0.25) is 0 Å². The van der Waals surface area contributed by atoms with Crippen LogP contribution in [0.25, 0.3) is 0 Å². The molecule has 1 heterocycles. The lowest BCUT2D eigenvalue weighted by molar-refractivity contribution is 0.0274. The van der Waals surface area contributed by atoms with Gasteiger partial charge in [-0.1, -0.05) is 30.3 Å². The van der Waals surface area contributed by atoms with Gasteiger partial charge in [0.1, 0.15) is 5.76 Å². The Bertz CT molecular complexity index is 527. The molecule has 0 aliphatic carbocycles. The van der Waals surface area contributed by atoms with Gasteiger partial charge in [-0.3, -0.25) is 0 Å². The Morgan fingerprint density at radius 2 is 2.10 bits per heavy atom. The van der Waals surface area contributed by atoms with E-state index in [0.29, 0.717) is 25.6 Å². The molecule has 2 unspecified atom stereocenters. The second-order valence-corrected chi connectivity index (χ2v) is 5.09. The molecule has 114 valence electrons. The van der Waals surface area contributed by atoms with Crippen molar-refractivity contribution < 1.29 is 14.3 Å². The van der Waals surface area contributed by atoms with E-state index in [4.69, 9.17) is 9.15 Å². The molecule has 21 heavy (non-hydrogen) atoms. The van der Waals surface area contributed by atoms with Gasteiger partial charge in [0, 0.05) is 6.54 Å². The Morgan fingerprint density at radius 3 is 2.76 bits per heavy atom. The molecule has 0 aliphatic heterocycles. The van der Waals surface area contributed by atoms with Crippen LogP contribution in [-0.2, 0) is 11.3 Å². The molecule has 0 spiro atoms. The summed E-state index contributed by atoms with van der Waals surface area (Å²) in [5.74, 6) is 1.41. The number of hydrogen-bond acceptors (Lipinski definition) is 5. The number of ether oxygens (including phenoxy) is 1. The van der Waals surface area contributed by atoms with E-state index in [9.17, 15) is 5.11 Å². The monoisotopic (exact) mass is 290 g/mol. The molecule has 5 heteroatoms. The van der Waals surface area contributed by atoms with Gasteiger partial charge in [-0.15, -0.1) is 0 Å². The molecule has 2 N–H and O–H groups in total. The average molecular weight is 290 g/mol. The number of aliphatic hydroxyl groups is 1. The van der Waals surface area contributed by atoms with E-state index < -0.39 is 6.10 Å². The average Bonchev–Trinajstić information content (AvgIpc) is 2.92.